The quantitative estimate of drug-likeness (QED) is 0.786. The third kappa shape index (κ3) is 5.73. The van der Waals surface area contributed by atoms with Crippen molar-refractivity contribution in [3.63, 3.8) is 0 Å². The van der Waals surface area contributed by atoms with E-state index in [0.717, 1.165) is 31.6 Å². The number of rotatable bonds is 7. The predicted molar refractivity (Wildman–Crippen MR) is 71.4 cm³/mol. The van der Waals surface area contributed by atoms with Gasteiger partial charge in [0.2, 0.25) is 0 Å². The Kier molecular flexibility index (Phi) is 6.06. The Bertz CT molecular complexity index is 303. The Morgan fingerprint density at radius 2 is 1.82 bits per heavy atom. The summed E-state index contributed by atoms with van der Waals surface area (Å²) >= 11 is 0. The fourth-order valence-electron chi connectivity index (χ4n) is 1.48. The van der Waals surface area contributed by atoms with Gasteiger partial charge in [-0.1, -0.05) is 32.4 Å². The van der Waals surface area contributed by atoms with Gasteiger partial charge in [0.25, 0.3) is 0 Å². The molecule has 0 bridgehead atoms. The van der Waals surface area contributed by atoms with Crippen molar-refractivity contribution < 1.29 is 9.84 Å². The summed E-state index contributed by atoms with van der Waals surface area (Å²) in [5.41, 5.74) is 1.25. The van der Waals surface area contributed by atoms with Crippen molar-refractivity contribution in [2.45, 2.75) is 46.1 Å². The van der Waals surface area contributed by atoms with Crippen LogP contribution < -0.4 is 4.74 Å². The van der Waals surface area contributed by atoms with Crippen LogP contribution in [0.4, 0.5) is 0 Å². The molecule has 96 valence electrons. The molecule has 0 amide bonds. The smallest absolute Gasteiger partial charge is 0.119 e. The van der Waals surface area contributed by atoms with Crippen molar-refractivity contribution in [3.8, 4) is 5.75 Å². The second-order valence-corrected chi connectivity index (χ2v) is 4.86. The molecule has 0 saturated carbocycles. The van der Waals surface area contributed by atoms with E-state index in [4.69, 9.17) is 4.74 Å². The van der Waals surface area contributed by atoms with E-state index < -0.39 is 0 Å². The Hall–Kier alpha value is -1.02. The molecular weight excluding hydrogens is 212 g/mol. The van der Waals surface area contributed by atoms with Crippen molar-refractivity contribution in [1.82, 2.24) is 0 Å². The minimum absolute atomic E-state index is 0.226. The molecule has 0 fully saturated rings. The molecule has 0 radical (unpaired) electrons. The van der Waals surface area contributed by atoms with Crippen molar-refractivity contribution in [2.75, 3.05) is 6.61 Å². The lowest BCUT2D eigenvalue weighted by Crippen LogP contribution is -2.07. The van der Waals surface area contributed by atoms with E-state index in [-0.39, 0.29) is 6.10 Å². The van der Waals surface area contributed by atoms with Gasteiger partial charge in [-0.3, -0.25) is 0 Å². The Morgan fingerprint density at radius 3 is 2.35 bits per heavy atom. The first kappa shape index (κ1) is 14.0. The molecule has 0 aliphatic carbocycles. The molecule has 0 spiro atoms. The van der Waals surface area contributed by atoms with Crippen LogP contribution in [0.25, 0.3) is 0 Å². The predicted octanol–water partition coefficient (Wildman–Crippen LogP) is 3.42. The van der Waals surface area contributed by atoms with Crippen LogP contribution in [0.5, 0.6) is 5.75 Å². The van der Waals surface area contributed by atoms with Gasteiger partial charge >= 0.3 is 0 Å². The number of ether oxygens (including phenoxy) is 1. The molecule has 1 aromatic rings. The highest BCUT2D eigenvalue weighted by Gasteiger charge is 2.01. The summed E-state index contributed by atoms with van der Waals surface area (Å²) in [5.74, 6) is 1.54. The molecule has 0 saturated heterocycles. The number of aliphatic hydroxyl groups excluding tert-OH is 1. The van der Waals surface area contributed by atoms with Gasteiger partial charge in [-0.15, -0.1) is 0 Å². The van der Waals surface area contributed by atoms with E-state index in [1.807, 2.05) is 19.1 Å². The lowest BCUT2D eigenvalue weighted by atomic mass is 10.1. The lowest BCUT2D eigenvalue weighted by molar-refractivity contribution is 0.185. The maximum Gasteiger partial charge on any atom is 0.119 e. The van der Waals surface area contributed by atoms with Crippen LogP contribution in [0.3, 0.4) is 0 Å². The zero-order chi connectivity index (χ0) is 12.7. The third-order valence-corrected chi connectivity index (χ3v) is 3.01. The SMILES string of the molecule is CCC(C)COc1ccc(CCC(C)O)cc1. The van der Waals surface area contributed by atoms with E-state index in [0.29, 0.717) is 5.92 Å². The molecule has 2 nitrogen and oxygen atoms in total. The molecule has 17 heavy (non-hydrogen) atoms. The van der Waals surface area contributed by atoms with Crippen LogP contribution in [0.15, 0.2) is 24.3 Å². The van der Waals surface area contributed by atoms with Crippen LogP contribution in [0.1, 0.15) is 39.2 Å². The summed E-state index contributed by atoms with van der Waals surface area (Å²) in [6.45, 7) is 6.97. The second-order valence-electron chi connectivity index (χ2n) is 4.86. The molecule has 0 aromatic heterocycles. The average Bonchev–Trinajstić information content (AvgIpc) is 2.34. The molecule has 2 heteroatoms. The van der Waals surface area contributed by atoms with Gasteiger partial charge in [0.15, 0.2) is 0 Å². The Morgan fingerprint density at radius 1 is 1.18 bits per heavy atom. The number of aryl methyl sites for hydroxylation is 1. The fourth-order valence-corrected chi connectivity index (χ4v) is 1.48. The van der Waals surface area contributed by atoms with Crippen molar-refractivity contribution in [1.29, 1.82) is 0 Å². The van der Waals surface area contributed by atoms with Crippen LogP contribution in [-0.2, 0) is 6.42 Å². The standard InChI is InChI=1S/C15H24O2/c1-4-12(2)11-17-15-9-7-14(8-10-15)6-5-13(3)16/h7-10,12-13,16H,4-6,11H2,1-3H3. The maximum atomic E-state index is 9.22. The largest absolute Gasteiger partial charge is 0.493 e. The highest BCUT2D eigenvalue weighted by atomic mass is 16.5. The molecule has 0 aliphatic heterocycles. The van der Waals surface area contributed by atoms with Crippen LogP contribution >= 0.6 is 0 Å². The highest BCUT2D eigenvalue weighted by molar-refractivity contribution is 5.27. The summed E-state index contributed by atoms with van der Waals surface area (Å²) in [6, 6.07) is 8.18. The third-order valence-electron chi connectivity index (χ3n) is 3.01. The van der Waals surface area contributed by atoms with Crippen LogP contribution in [-0.4, -0.2) is 17.8 Å². The van der Waals surface area contributed by atoms with E-state index in [1.54, 1.807) is 0 Å². The Balaban J connectivity index is 2.39. The van der Waals surface area contributed by atoms with Crippen molar-refractivity contribution >= 4 is 0 Å². The summed E-state index contributed by atoms with van der Waals surface area (Å²) in [4.78, 5) is 0. The summed E-state index contributed by atoms with van der Waals surface area (Å²) in [7, 11) is 0. The minimum atomic E-state index is -0.226. The monoisotopic (exact) mass is 236 g/mol. The first-order valence-corrected chi connectivity index (χ1v) is 6.51. The van der Waals surface area contributed by atoms with Gasteiger partial charge in [0, 0.05) is 0 Å². The maximum absolute atomic E-state index is 9.22. The van der Waals surface area contributed by atoms with Crippen molar-refractivity contribution in [3.05, 3.63) is 29.8 Å². The normalized spacial score (nSPS) is 14.4. The minimum Gasteiger partial charge on any atom is -0.493 e. The van der Waals surface area contributed by atoms with Crippen molar-refractivity contribution in [2.24, 2.45) is 5.92 Å². The van der Waals surface area contributed by atoms with E-state index >= 15 is 0 Å². The summed E-state index contributed by atoms with van der Waals surface area (Å²) < 4.78 is 5.69. The van der Waals surface area contributed by atoms with Crippen LogP contribution in [0, 0.1) is 5.92 Å². The van der Waals surface area contributed by atoms with E-state index in [1.165, 1.54) is 5.56 Å². The second kappa shape index (κ2) is 7.33. The van der Waals surface area contributed by atoms with E-state index in [2.05, 4.69) is 26.0 Å². The molecule has 2 atom stereocenters. The first-order valence-electron chi connectivity index (χ1n) is 6.51. The zero-order valence-corrected chi connectivity index (χ0v) is 11.1. The fraction of sp³-hybridized carbons (Fsp3) is 0.600. The summed E-state index contributed by atoms with van der Waals surface area (Å²) in [6.07, 6.45) is 2.65. The Labute approximate surface area is 105 Å². The average molecular weight is 236 g/mol. The zero-order valence-electron chi connectivity index (χ0n) is 11.1. The topological polar surface area (TPSA) is 29.5 Å². The molecule has 1 rings (SSSR count). The molecule has 0 heterocycles. The molecule has 1 aromatic carbocycles. The van der Waals surface area contributed by atoms with Gasteiger partial charge in [0.1, 0.15) is 5.75 Å². The van der Waals surface area contributed by atoms with Gasteiger partial charge in [0.05, 0.1) is 12.7 Å². The molecule has 1 N–H and O–H groups in total. The highest BCUT2D eigenvalue weighted by Crippen LogP contribution is 2.15. The molecule has 2 unspecified atom stereocenters. The molecule has 0 aliphatic rings. The van der Waals surface area contributed by atoms with E-state index in [9.17, 15) is 5.11 Å². The lowest BCUT2D eigenvalue weighted by Gasteiger charge is -2.11. The van der Waals surface area contributed by atoms with Gasteiger partial charge in [-0.05, 0) is 43.4 Å². The van der Waals surface area contributed by atoms with Gasteiger partial charge in [-0.2, -0.15) is 0 Å². The van der Waals surface area contributed by atoms with Crippen LogP contribution in [0.2, 0.25) is 0 Å². The number of benzene rings is 1. The number of hydrogen-bond acceptors (Lipinski definition) is 2. The molecular formula is C15H24O2. The van der Waals surface area contributed by atoms with Gasteiger partial charge < -0.3 is 9.84 Å². The van der Waals surface area contributed by atoms with Gasteiger partial charge in [-0.25, -0.2) is 0 Å². The number of hydrogen-bond donors (Lipinski definition) is 1. The number of aliphatic hydroxyl groups is 1. The summed E-state index contributed by atoms with van der Waals surface area (Å²) in [5, 5.41) is 9.22. The first-order chi connectivity index (χ1) is 8.11.